The molecular formula is C15H15IN2O2. The molecule has 4 nitrogen and oxygen atoms in total. The van der Waals surface area contributed by atoms with Crippen LogP contribution >= 0.6 is 22.6 Å². The summed E-state index contributed by atoms with van der Waals surface area (Å²) in [5.74, 6) is -0.381. The lowest BCUT2D eigenvalue weighted by Crippen LogP contribution is -2.10. The average Bonchev–Trinajstić information content (AvgIpc) is 2.43. The van der Waals surface area contributed by atoms with Gasteiger partial charge >= 0.3 is 5.97 Å². The molecule has 0 unspecified atom stereocenters. The molecule has 0 aromatic heterocycles. The maximum absolute atomic E-state index is 12.0. The quantitative estimate of drug-likeness (QED) is 0.480. The highest BCUT2D eigenvalue weighted by molar-refractivity contribution is 14.1. The van der Waals surface area contributed by atoms with Crippen molar-refractivity contribution in [1.82, 2.24) is 0 Å². The van der Waals surface area contributed by atoms with Crippen molar-refractivity contribution < 1.29 is 9.53 Å². The van der Waals surface area contributed by atoms with Crippen molar-refractivity contribution in [2.75, 3.05) is 17.7 Å². The van der Waals surface area contributed by atoms with Gasteiger partial charge in [-0.25, -0.2) is 4.79 Å². The molecule has 0 bridgehead atoms. The summed E-state index contributed by atoms with van der Waals surface area (Å²) in [6.45, 7) is 2.10. The van der Waals surface area contributed by atoms with Crippen molar-refractivity contribution in [3.05, 3.63) is 51.6 Å². The van der Waals surface area contributed by atoms with Crippen molar-refractivity contribution in [3.8, 4) is 0 Å². The molecule has 5 heteroatoms. The number of anilines is 3. The van der Waals surface area contributed by atoms with Gasteiger partial charge in [0, 0.05) is 3.57 Å². The lowest BCUT2D eigenvalue weighted by molar-refractivity contribution is 0.0527. The third-order valence-electron chi connectivity index (χ3n) is 2.73. The van der Waals surface area contributed by atoms with Crippen molar-refractivity contribution >= 4 is 45.6 Å². The first-order valence-corrected chi connectivity index (χ1v) is 7.28. The first kappa shape index (κ1) is 14.6. The minimum absolute atomic E-state index is 0.329. The molecule has 0 aliphatic rings. The van der Waals surface area contributed by atoms with Crippen LogP contribution in [0.3, 0.4) is 0 Å². The summed E-state index contributed by atoms with van der Waals surface area (Å²) in [7, 11) is 0. The van der Waals surface area contributed by atoms with E-state index in [1.165, 1.54) is 0 Å². The summed E-state index contributed by atoms with van der Waals surface area (Å²) in [6.07, 6.45) is 0. The zero-order valence-electron chi connectivity index (χ0n) is 11.0. The number of benzene rings is 2. The number of carbonyl (C=O) groups excluding carboxylic acids is 1. The van der Waals surface area contributed by atoms with Gasteiger partial charge in [-0.3, -0.25) is 0 Å². The summed E-state index contributed by atoms with van der Waals surface area (Å²) in [5, 5.41) is 3.22. The number of esters is 1. The van der Waals surface area contributed by atoms with Crippen LogP contribution in [0.5, 0.6) is 0 Å². The largest absolute Gasteiger partial charge is 0.462 e. The number of hydrogen-bond acceptors (Lipinski definition) is 4. The highest BCUT2D eigenvalue weighted by Gasteiger charge is 2.15. The minimum Gasteiger partial charge on any atom is -0.462 e. The van der Waals surface area contributed by atoms with Crippen LogP contribution in [-0.4, -0.2) is 12.6 Å². The third kappa shape index (κ3) is 3.22. The maximum atomic E-state index is 12.0. The van der Waals surface area contributed by atoms with Crippen LogP contribution in [0.2, 0.25) is 0 Å². The molecule has 0 saturated heterocycles. The summed E-state index contributed by atoms with van der Waals surface area (Å²) in [4.78, 5) is 12.0. The van der Waals surface area contributed by atoms with Gasteiger partial charge in [0.2, 0.25) is 0 Å². The van der Waals surface area contributed by atoms with Crippen LogP contribution < -0.4 is 11.1 Å². The molecule has 0 heterocycles. The molecule has 0 radical (unpaired) electrons. The summed E-state index contributed by atoms with van der Waals surface area (Å²) in [6, 6.07) is 13.0. The number of nitrogens with one attached hydrogen (secondary N) is 1. The lowest BCUT2D eigenvalue weighted by atomic mass is 10.1. The van der Waals surface area contributed by atoms with E-state index in [2.05, 4.69) is 27.9 Å². The fourth-order valence-corrected chi connectivity index (χ4v) is 2.31. The van der Waals surface area contributed by atoms with Crippen LogP contribution in [0.25, 0.3) is 0 Å². The van der Waals surface area contributed by atoms with E-state index in [1.807, 2.05) is 24.3 Å². The highest BCUT2D eigenvalue weighted by atomic mass is 127. The van der Waals surface area contributed by atoms with E-state index >= 15 is 0 Å². The fourth-order valence-electron chi connectivity index (χ4n) is 1.79. The topological polar surface area (TPSA) is 64.3 Å². The first-order chi connectivity index (χ1) is 9.63. The van der Waals surface area contributed by atoms with Gasteiger partial charge in [-0.05, 0) is 53.8 Å². The van der Waals surface area contributed by atoms with Gasteiger partial charge < -0.3 is 15.8 Å². The molecule has 3 N–H and O–H groups in total. The summed E-state index contributed by atoms with van der Waals surface area (Å²) in [5.41, 5.74) is 8.40. The SMILES string of the molecule is CCOC(=O)c1cccc(N)c1Nc1ccccc1I. The summed E-state index contributed by atoms with van der Waals surface area (Å²) >= 11 is 2.23. The molecule has 0 spiro atoms. The maximum Gasteiger partial charge on any atom is 0.340 e. The molecule has 0 amide bonds. The predicted molar refractivity (Wildman–Crippen MR) is 89.3 cm³/mol. The molecule has 104 valence electrons. The molecule has 2 aromatic carbocycles. The number of ether oxygens (including phenoxy) is 1. The van der Waals surface area contributed by atoms with Gasteiger partial charge in [0.1, 0.15) is 0 Å². The van der Waals surface area contributed by atoms with E-state index < -0.39 is 0 Å². The normalized spacial score (nSPS) is 10.1. The summed E-state index contributed by atoms with van der Waals surface area (Å²) < 4.78 is 6.10. The monoisotopic (exact) mass is 382 g/mol. The molecule has 0 fully saturated rings. The first-order valence-electron chi connectivity index (χ1n) is 6.20. The van der Waals surface area contributed by atoms with Crippen LogP contribution in [0.4, 0.5) is 17.1 Å². The van der Waals surface area contributed by atoms with E-state index in [0.717, 1.165) is 9.26 Å². The molecule has 0 saturated carbocycles. The van der Waals surface area contributed by atoms with E-state index in [-0.39, 0.29) is 5.97 Å². The average molecular weight is 382 g/mol. The number of halogens is 1. The van der Waals surface area contributed by atoms with Crippen LogP contribution in [-0.2, 0) is 4.74 Å². The van der Waals surface area contributed by atoms with Gasteiger partial charge in [-0.1, -0.05) is 18.2 Å². The smallest absolute Gasteiger partial charge is 0.340 e. The lowest BCUT2D eigenvalue weighted by Gasteiger charge is -2.14. The molecule has 0 atom stereocenters. The van der Waals surface area contributed by atoms with Crippen LogP contribution in [0, 0.1) is 3.57 Å². The van der Waals surface area contributed by atoms with Gasteiger partial charge in [-0.15, -0.1) is 0 Å². The van der Waals surface area contributed by atoms with Gasteiger partial charge in [0.25, 0.3) is 0 Å². The third-order valence-corrected chi connectivity index (χ3v) is 3.67. The Morgan fingerprint density at radius 2 is 2.00 bits per heavy atom. The highest BCUT2D eigenvalue weighted by Crippen LogP contribution is 2.30. The molecule has 2 rings (SSSR count). The van der Waals surface area contributed by atoms with Gasteiger partial charge in [-0.2, -0.15) is 0 Å². The Labute approximate surface area is 131 Å². The van der Waals surface area contributed by atoms with Gasteiger partial charge in [0.05, 0.1) is 29.2 Å². The van der Waals surface area contributed by atoms with Crippen LogP contribution in [0.1, 0.15) is 17.3 Å². The number of hydrogen-bond donors (Lipinski definition) is 2. The second kappa shape index (κ2) is 6.60. The van der Waals surface area contributed by atoms with Crippen LogP contribution in [0.15, 0.2) is 42.5 Å². The van der Waals surface area contributed by atoms with E-state index in [4.69, 9.17) is 10.5 Å². The van der Waals surface area contributed by atoms with Crippen molar-refractivity contribution in [2.24, 2.45) is 0 Å². The van der Waals surface area contributed by atoms with E-state index in [9.17, 15) is 4.79 Å². The van der Waals surface area contributed by atoms with E-state index in [1.54, 1.807) is 25.1 Å². The number of rotatable bonds is 4. The van der Waals surface area contributed by atoms with Gasteiger partial charge in [0.15, 0.2) is 0 Å². The number of para-hydroxylation sites is 2. The Bertz CT molecular complexity index is 629. The second-order valence-electron chi connectivity index (χ2n) is 4.10. The number of nitrogen functional groups attached to an aromatic ring is 1. The zero-order valence-corrected chi connectivity index (χ0v) is 13.2. The fraction of sp³-hybridized carbons (Fsp3) is 0.133. The Morgan fingerprint density at radius 3 is 2.70 bits per heavy atom. The zero-order chi connectivity index (χ0) is 14.5. The Morgan fingerprint density at radius 1 is 1.25 bits per heavy atom. The molecule has 0 aliphatic heterocycles. The molecule has 20 heavy (non-hydrogen) atoms. The van der Waals surface area contributed by atoms with E-state index in [0.29, 0.717) is 23.5 Å². The molecule has 0 aliphatic carbocycles. The standard InChI is InChI=1S/C15H15IN2O2/c1-2-20-15(19)10-6-5-8-12(17)14(10)18-13-9-4-3-7-11(13)16/h3-9,18H,2,17H2,1H3. The Kier molecular flexibility index (Phi) is 4.84. The number of carbonyl (C=O) groups is 1. The second-order valence-corrected chi connectivity index (χ2v) is 5.26. The van der Waals surface area contributed by atoms with Crippen molar-refractivity contribution in [2.45, 2.75) is 6.92 Å². The Balaban J connectivity index is 2.40. The molecular weight excluding hydrogens is 367 g/mol. The van der Waals surface area contributed by atoms with Crippen molar-refractivity contribution in [3.63, 3.8) is 0 Å². The predicted octanol–water partition coefficient (Wildman–Crippen LogP) is 3.79. The molecule has 2 aromatic rings. The minimum atomic E-state index is -0.381. The number of nitrogens with two attached hydrogens (primary N) is 1. The van der Waals surface area contributed by atoms with Crippen molar-refractivity contribution in [1.29, 1.82) is 0 Å². The Hall–Kier alpha value is -1.76.